The Bertz CT molecular complexity index is 210. The summed E-state index contributed by atoms with van der Waals surface area (Å²) in [6.07, 6.45) is 6.45. The van der Waals surface area contributed by atoms with Crippen molar-refractivity contribution in [2.24, 2.45) is 11.3 Å². The molecule has 0 aromatic rings. The van der Waals surface area contributed by atoms with Gasteiger partial charge < -0.3 is 5.32 Å². The molecular weight excluding hydrogens is 162 g/mol. The van der Waals surface area contributed by atoms with Crippen LogP contribution in [0.3, 0.4) is 0 Å². The maximum absolute atomic E-state index is 11.6. The molecule has 2 aliphatic rings. The van der Waals surface area contributed by atoms with Gasteiger partial charge in [-0.2, -0.15) is 0 Å². The number of rotatable bonds is 2. The third-order valence-corrected chi connectivity index (χ3v) is 3.57. The fourth-order valence-electron chi connectivity index (χ4n) is 2.66. The van der Waals surface area contributed by atoms with Crippen molar-refractivity contribution in [3.63, 3.8) is 0 Å². The number of hydrogen-bond donors (Lipinski definition) is 1. The largest absolute Gasteiger partial charge is 0.354 e. The van der Waals surface area contributed by atoms with Crippen LogP contribution in [0, 0.1) is 11.3 Å². The first-order valence-electron chi connectivity index (χ1n) is 5.42. The summed E-state index contributed by atoms with van der Waals surface area (Å²) in [7, 11) is 0. The minimum atomic E-state index is 0.285. The molecular formula is C11H19NO. The van der Waals surface area contributed by atoms with E-state index in [2.05, 4.69) is 5.32 Å². The summed E-state index contributed by atoms with van der Waals surface area (Å²) < 4.78 is 0. The van der Waals surface area contributed by atoms with Crippen LogP contribution in [-0.4, -0.2) is 11.9 Å². The van der Waals surface area contributed by atoms with Crippen molar-refractivity contribution < 1.29 is 4.79 Å². The van der Waals surface area contributed by atoms with Gasteiger partial charge in [0.25, 0.3) is 0 Å². The van der Waals surface area contributed by atoms with Gasteiger partial charge in [0.1, 0.15) is 0 Å². The van der Waals surface area contributed by atoms with Gasteiger partial charge in [-0.1, -0.05) is 6.42 Å². The van der Waals surface area contributed by atoms with Gasteiger partial charge in [0, 0.05) is 12.0 Å². The van der Waals surface area contributed by atoms with Crippen molar-refractivity contribution >= 4 is 5.91 Å². The number of nitrogens with one attached hydrogen (secondary N) is 1. The van der Waals surface area contributed by atoms with Crippen molar-refractivity contribution in [1.82, 2.24) is 5.32 Å². The lowest BCUT2D eigenvalue weighted by atomic mass is 9.51. The van der Waals surface area contributed by atoms with E-state index in [1.807, 2.05) is 13.8 Å². The molecule has 1 N–H and O–H groups in total. The highest BCUT2D eigenvalue weighted by Crippen LogP contribution is 2.58. The van der Waals surface area contributed by atoms with E-state index in [4.69, 9.17) is 0 Å². The first-order valence-corrected chi connectivity index (χ1v) is 5.42. The second-order valence-electron chi connectivity index (χ2n) is 5.12. The molecule has 0 aliphatic heterocycles. The third-order valence-electron chi connectivity index (χ3n) is 3.57. The minimum absolute atomic E-state index is 0.285. The Balaban J connectivity index is 1.76. The Kier molecular flexibility index (Phi) is 2.09. The summed E-state index contributed by atoms with van der Waals surface area (Å²) in [4.78, 5) is 11.6. The predicted molar refractivity (Wildman–Crippen MR) is 52.3 cm³/mol. The number of carbonyl (C=O) groups is 1. The molecule has 2 aliphatic carbocycles. The quantitative estimate of drug-likeness (QED) is 0.694. The zero-order chi connectivity index (χ0) is 9.47. The van der Waals surface area contributed by atoms with Crippen molar-refractivity contribution in [2.45, 2.75) is 52.0 Å². The van der Waals surface area contributed by atoms with Crippen molar-refractivity contribution in [1.29, 1.82) is 0 Å². The molecule has 74 valence electrons. The Morgan fingerprint density at radius 1 is 1.38 bits per heavy atom. The first-order chi connectivity index (χ1) is 6.11. The average Bonchev–Trinajstić information content (AvgIpc) is 1.77. The second-order valence-corrected chi connectivity index (χ2v) is 5.12. The van der Waals surface area contributed by atoms with Gasteiger partial charge in [-0.15, -0.1) is 0 Å². The summed E-state index contributed by atoms with van der Waals surface area (Å²) in [5, 5.41) is 2.99. The fourth-order valence-corrected chi connectivity index (χ4v) is 2.66. The van der Waals surface area contributed by atoms with Crippen LogP contribution < -0.4 is 5.32 Å². The zero-order valence-electron chi connectivity index (χ0n) is 8.60. The van der Waals surface area contributed by atoms with Gasteiger partial charge in [0.05, 0.1) is 0 Å². The zero-order valence-corrected chi connectivity index (χ0v) is 8.60. The van der Waals surface area contributed by atoms with Gasteiger partial charge in [0.2, 0.25) is 5.91 Å². The summed E-state index contributed by atoms with van der Waals surface area (Å²) in [6, 6.07) is 0.297. The molecule has 2 nitrogen and oxygen atoms in total. The highest BCUT2D eigenvalue weighted by Gasteiger charge is 2.50. The molecule has 2 fully saturated rings. The maximum atomic E-state index is 11.6. The molecule has 0 radical (unpaired) electrons. The van der Waals surface area contributed by atoms with Gasteiger partial charge in [-0.3, -0.25) is 4.79 Å². The Morgan fingerprint density at radius 2 is 2.00 bits per heavy atom. The molecule has 2 rings (SSSR count). The minimum Gasteiger partial charge on any atom is -0.354 e. The normalized spacial score (nSPS) is 25.5. The lowest BCUT2D eigenvalue weighted by Crippen LogP contribution is -2.49. The first kappa shape index (κ1) is 9.04. The van der Waals surface area contributed by atoms with E-state index >= 15 is 0 Å². The van der Waals surface area contributed by atoms with Crippen molar-refractivity contribution in [3.05, 3.63) is 0 Å². The van der Waals surface area contributed by atoms with Crippen LogP contribution in [0.4, 0.5) is 0 Å². The molecule has 0 unspecified atom stereocenters. The second kappa shape index (κ2) is 3.00. The van der Waals surface area contributed by atoms with Gasteiger partial charge in [-0.25, -0.2) is 0 Å². The molecule has 13 heavy (non-hydrogen) atoms. The van der Waals surface area contributed by atoms with Crippen LogP contribution in [0.5, 0.6) is 0 Å². The molecule has 2 saturated carbocycles. The monoisotopic (exact) mass is 181 g/mol. The van der Waals surface area contributed by atoms with Crippen LogP contribution in [0.15, 0.2) is 0 Å². The molecule has 0 atom stereocenters. The van der Waals surface area contributed by atoms with E-state index in [-0.39, 0.29) is 5.91 Å². The third kappa shape index (κ3) is 1.59. The maximum Gasteiger partial charge on any atom is 0.223 e. The highest BCUT2D eigenvalue weighted by molar-refractivity contribution is 5.80. The molecule has 0 aromatic heterocycles. The average molecular weight is 181 g/mol. The smallest absolute Gasteiger partial charge is 0.223 e. The summed E-state index contributed by atoms with van der Waals surface area (Å²) in [5.41, 5.74) is 0.624. The van der Waals surface area contributed by atoms with E-state index in [1.165, 1.54) is 19.3 Å². The number of carbonyl (C=O) groups excluding carboxylic acids is 1. The van der Waals surface area contributed by atoms with Gasteiger partial charge in [-0.05, 0) is 44.9 Å². The standard InChI is InChI=1S/C11H19NO/c1-8(2)12-10(13)9-6-11(7-9)4-3-5-11/h8-9H,3-7H2,1-2H3,(H,12,13). The van der Waals surface area contributed by atoms with Crippen molar-refractivity contribution in [3.8, 4) is 0 Å². The van der Waals surface area contributed by atoms with Gasteiger partial charge >= 0.3 is 0 Å². The van der Waals surface area contributed by atoms with Crippen LogP contribution in [0.25, 0.3) is 0 Å². The summed E-state index contributed by atoms with van der Waals surface area (Å²) in [5.74, 6) is 0.621. The molecule has 1 spiro atoms. The Labute approximate surface area is 80.1 Å². The lowest BCUT2D eigenvalue weighted by Gasteiger charge is -2.53. The SMILES string of the molecule is CC(C)NC(=O)C1CC2(CCC2)C1. The van der Waals surface area contributed by atoms with E-state index in [0.29, 0.717) is 17.4 Å². The highest BCUT2D eigenvalue weighted by atomic mass is 16.2. The Morgan fingerprint density at radius 3 is 2.38 bits per heavy atom. The summed E-state index contributed by atoms with van der Waals surface area (Å²) in [6.45, 7) is 4.05. The topological polar surface area (TPSA) is 29.1 Å². The van der Waals surface area contributed by atoms with Crippen LogP contribution >= 0.6 is 0 Å². The molecule has 1 amide bonds. The molecule has 0 aromatic carbocycles. The van der Waals surface area contributed by atoms with Gasteiger partial charge in [0.15, 0.2) is 0 Å². The number of hydrogen-bond acceptors (Lipinski definition) is 1. The molecule has 0 bridgehead atoms. The fraction of sp³-hybridized carbons (Fsp3) is 0.909. The Hall–Kier alpha value is -0.530. The van der Waals surface area contributed by atoms with Crippen LogP contribution in [0.2, 0.25) is 0 Å². The van der Waals surface area contributed by atoms with E-state index in [9.17, 15) is 4.79 Å². The summed E-state index contributed by atoms with van der Waals surface area (Å²) >= 11 is 0. The number of amides is 1. The van der Waals surface area contributed by atoms with E-state index in [1.54, 1.807) is 0 Å². The predicted octanol–water partition coefficient (Wildman–Crippen LogP) is 2.09. The van der Waals surface area contributed by atoms with E-state index in [0.717, 1.165) is 12.8 Å². The van der Waals surface area contributed by atoms with Crippen LogP contribution in [-0.2, 0) is 4.79 Å². The molecule has 2 heteroatoms. The van der Waals surface area contributed by atoms with Crippen molar-refractivity contribution in [2.75, 3.05) is 0 Å². The molecule has 0 saturated heterocycles. The van der Waals surface area contributed by atoms with E-state index < -0.39 is 0 Å². The lowest BCUT2D eigenvalue weighted by molar-refractivity contribution is -0.137. The van der Waals surface area contributed by atoms with Crippen LogP contribution in [0.1, 0.15) is 46.0 Å². The molecule has 0 heterocycles.